The molecule has 3 amide bonds. The molecule has 0 spiro atoms. The van der Waals surface area contributed by atoms with Gasteiger partial charge in [0.2, 0.25) is 17.7 Å². The molecule has 1 saturated heterocycles. The van der Waals surface area contributed by atoms with Gasteiger partial charge in [-0.25, -0.2) is 10.3 Å². The van der Waals surface area contributed by atoms with Crippen LogP contribution in [0.15, 0.2) is 96.1 Å². The summed E-state index contributed by atoms with van der Waals surface area (Å²) in [5.41, 5.74) is 4.10. The summed E-state index contributed by atoms with van der Waals surface area (Å²) in [6.45, 7) is 0. The fourth-order valence-electron chi connectivity index (χ4n) is 7.29. The number of halogens is 1. The summed E-state index contributed by atoms with van der Waals surface area (Å²) >= 11 is 6.04. The van der Waals surface area contributed by atoms with E-state index in [0.29, 0.717) is 5.56 Å². The van der Waals surface area contributed by atoms with Gasteiger partial charge in [0, 0.05) is 35.4 Å². The summed E-state index contributed by atoms with van der Waals surface area (Å²) in [4.78, 5) is 64.4. The van der Waals surface area contributed by atoms with E-state index < -0.39 is 56.4 Å². The van der Waals surface area contributed by atoms with Crippen molar-refractivity contribution in [2.75, 3.05) is 4.90 Å². The number of benzene rings is 4. The normalized spacial score (nSPS) is 22.4. The van der Waals surface area contributed by atoms with Gasteiger partial charge in [-0.3, -0.25) is 34.6 Å². The van der Waals surface area contributed by atoms with Crippen molar-refractivity contribution in [3.8, 4) is 0 Å². The lowest BCUT2D eigenvalue weighted by Crippen LogP contribution is -2.54. The van der Waals surface area contributed by atoms with Gasteiger partial charge in [-0.2, -0.15) is 5.10 Å². The Morgan fingerprint density at radius 2 is 1.52 bits per heavy atom. The van der Waals surface area contributed by atoms with E-state index in [0.717, 1.165) is 33.2 Å². The number of nitrogens with one attached hydrogen (secondary N) is 1. The van der Waals surface area contributed by atoms with Crippen LogP contribution >= 0.6 is 11.6 Å². The third-order valence-electron chi connectivity index (χ3n) is 9.03. The predicted molar refractivity (Wildman–Crippen MR) is 167 cm³/mol. The zero-order chi connectivity index (χ0) is 32.3. The second-order valence-electron chi connectivity index (χ2n) is 11.3. The number of non-ortho nitro benzene ring substituents is 1. The first-order chi connectivity index (χ1) is 22.1. The van der Waals surface area contributed by atoms with Crippen LogP contribution in [0.5, 0.6) is 0 Å². The van der Waals surface area contributed by atoms with Gasteiger partial charge in [0.1, 0.15) is 5.69 Å². The number of carbonyl (C=O) groups excluding carboxylic acids is 3. The highest BCUT2D eigenvalue weighted by Gasteiger charge is 2.68. The molecule has 1 heterocycles. The summed E-state index contributed by atoms with van der Waals surface area (Å²) in [6, 6.07) is 24.2. The third kappa shape index (κ3) is 4.21. The Hall–Kier alpha value is -5.75. The molecule has 13 heteroatoms. The number of anilines is 1. The van der Waals surface area contributed by atoms with Crippen molar-refractivity contribution in [2.24, 2.45) is 16.9 Å². The number of hydrazone groups is 1. The molecule has 0 radical (unpaired) electrons. The van der Waals surface area contributed by atoms with Gasteiger partial charge in [0.15, 0.2) is 0 Å². The van der Waals surface area contributed by atoms with Gasteiger partial charge in [0.05, 0.1) is 33.5 Å². The highest BCUT2D eigenvalue weighted by atomic mass is 35.5. The number of rotatable bonds is 7. The van der Waals surface area contributed by atoms with Crippen LogP contribution in [0.3, 0.4) is 0 Å². The largest absolute Gasteiger partial charge is 0.294 e. The van der Waals surface area contributed by atoms with Crippen LogP contribution < -0.4 is 10.3 Å². The molecule has 0 aromatic heterocycles. The van der Waals surface area contributed by atoms with E-state index in [9.17, 15) is 34.6 Å². The van der Waals surface area contributed by atoms with Crippen LogP contribution in [0.4, 0.5) is 17.1 Å². The zero-order valence-corrected chi connectivity index (χ0v) is 24.5. The molecule has 4 aromatic carbocycles. The second kappa shape index (κ2) is 10.7. The fraction of sp³-hybridized carbons (Fsp3) is 0.152. The summed E-state index contributed by atoms with van der Waals surface area (Å²) in [7, 11) is 0. The molecule has 1 fully saturated rings. The number of hydrogen-bond donors (Lipinski definition) is 1. The van der Waals surface area contributed by atoms with E-state index in [1.165, 1.54) is 42.6 Å². The van der Waals surface area contributed by atoms with E-state index in [2.05, 4.69) is 10.5 Å². The van der Waals surface area contributed by atoms with Crippen molar-refractivity contribution >= 4 is 52.6 Å². The number of nitro groups is 2. The SMILES string of the molecule is O=C(Cc1ccc([N+](=O)[O-])cc1)N/N=C\C12c3ccccc3C(c3ccccc31)[C@@H]1C(=O)N(c3ccc(Cl)cc3[N+](=O)[O-])C(=O)[C@@H]12. The minimum Gasteiger partial charge on any atom is -0.274 e. The lowest BCUT2D eigenvalue weighted by Gasteiger charge is -2.52. The molecule has 46 heavy (non-hydrogen) atoms. The second-order valence-corrected chi connectivity index (χ2v) is 11.8. The number of amides is 3. The minimum atomic E-state index is -1.31. The van der Waals surface area contributed by atoms with Crippen LogP contribution in [0.2, 0.25) is 5.02 Å². The van der Waals surface area contributed by atoms with E-state index in [-0.39, 0.29) is 22.8 Å². The summed E-state index contributed by atoms with van der Waals surface area (Å²) < 4.78 is 0. The van der Waals surface area contributed by atoms with Gasteiger partial charge in [-0.05, 0) is 39.9 Å². The first-order valence-electron chi connectivity index (χ1n) is 14.2. The molecule has 0 saturated carbocycles. The van der Waals surface area contributed by atoms with Crippen LogP contribution in [0.1, 0.15) is 33.7 Å². The maximum atomic E-state index is 14.5. The fourth-order valence-corrected chi connectivity index (χ4v) is 7.45. The molecule has 228 valence electrons. The Labute approximate surface area is 265 Å². The monoisotopic (exact) mass is 635 g/mol. The van der Waals surface area contributed by atoms with Gasteiger partial charge >= 0.3 is 0 Å². The van der Waals surface area contributed by atoms with E-state index in [1.807, 2.05) is 48.5 Å². The van der Waals surface area contributed by atoms with Crippen molar-refractivity contribution in [3.63, 3.8) is 0 Å². The van der Waals surface area contributed by atoms with E-state index >= 15 is 0 Å². The van der Waals surface area contributed by atoms with E-state index in [4.69, 9.17) is 11.6 Å². The number of imide groups is 1. The Morgan fingerprint density at radius 1 is 0.891 bits per heavy atom. The van der Waals surface area contributed by atoms with Crippen LogP contribution in [0.25, 0.3) is 0 Å². The molecule has 8 rings (SSSR count). The smallest absolute Gasteiger partial charge is 0.274 e. The van der Waals surface area contributed by atoms with Crippen molar-refractivity contribution in [3.05, 3.63) is 144 Å². The highest BCUT2D eigenvalue weighted by Crippen LogP contribution is 2.64. The standard InChI is InChI=1S/C33H22ClN5O7/c34-19-11-14-25(26(16-19)39(45)46)37-31(41)29-28-21-5-1-3-7-23(21)33(30(29)32(37)42,24-8-4-2-6-22(24)28)17-35-36-27(40)15-18-9-12-20(13-10-18)38(43)44/h1-14,16-17,28-30H,15H2,(H,36,40)/b35-17-/t28?,29-,30+,33?/m0/s1. The topological polar surface area (TPSA) is 165 Å². The zero-order valence-electron chi connectivity index (χ0n) is 23.7. The molecule has 0 unspecified atom stereocenters. The third-order valence-corrected chi connectivity index (χ3v) is 9.26. The van der Waals surface area contributed by atoms with Crippen LogP contribution in [-0.4, -0.2) is 33.8 Å². The maximum absolute atomic E-state index is 14.5. The Bertz CT molecular complexity index is 1980. The first kappa shape index (κ1) is 29.0. The number of carbonyl (C=O) groups is 3. The minimum absolute atomic E-state index is 0.0833. The molecular weight excluding hydrogens is 614 g/mol. The summed E-state index contributed by atoms with van der Waals surface area (Å²) in [5, 5.41) is 27.4. The highest BCUT2D eigenvalue weighted by molar-refractivity contribution is 6.31. The number of hydrogen-bond acceptors (Lipinski definition) is 8. The molecule has 12 nitrogen and oxygen atoms in total. The quantitative estimate of drug-likeness (QED) is 0.128. The Morgan fingerprint density at radius 3 is 2.13 bits per heavy atom. The van der Waals surface area contributed by atoms with Gasteiger partial charge in [-0.1, -0.05) is 72.3 Å². The van der Waals surface area contributed by atoms with E-state index in [1.54, 1.807) is 0 Å². The van der Waals surface area contributed by atoms with Gasteiger partial charge in [-0.15, -0.1) is 0 Å². The first-order valence-corrected chi connectivity index (χ1v) is 14.6. The van der Waals surface area contributed by atoms with Crippen molar-refractivity contribution in [2.45, 2.75) is 17.8 Å². The molecule has 2 atom stereocenters. The predicted octanol–water partition coefficient (Wildman–Crippen LogP) is 5.05. The van der Waals surface area contributed by atoms with Crippen LogP contribution in [-0.2, 0) is 26.2 Å². The summed E-state index contributed by atoms with van der Waals surface area (Å²) in [6.07, 6.45) is 1.37. The molecule has 3 aliphatic carbocycles. The average Bonchev–Trinajstić information content (AvgIpc) is 3.31. The molecule has 1 N–H and O–H groups in total. The number of nitrogens with zero attached hydrogens (tertiary/aromatic N) is 4. The molecule has 4 aliphatic rings. The van der Waals surface area contributed by atoms with Gasteiger partial charge in [0.25, 0.3) is 11.4 Å². The Balaban J connectivity index is 1.33. The molecular formula is C33H22ClN5O7. The van der Waals surface area contributed by atoms with Crippen molar-refractivity contribution < 1.29 is 24.2 Å². The molecule has 1 aliphatic heterocycles. The Kier molecular flexibility index (Phi) is 6.74. The van der Waals surface area contributed by atoms with Gasteiger partial charge < -0.3 is 0 Å². The lowest BCUT2D eigenvalue weighted by molar-refractivity contribution is -0.384. The van der Waals surface area contributed by atoms with Crippen LogP contribution in [0, 0.1) is 32.1 Å². The van der Waals surface area contributed by atoms with Crippen molar-refractivity contribution in [1.29, 1.82) is 0 Å². The lowest BCUT2D eigenvalue weighted by atomic mass is 9.47. The number of nitro benzene ring substituents is 2. The van der Waals surface area contributed by atoms with Crippen molar-refractivity contribution in [1.82, 2.24) is 5.43 Å². The molecule has 4 aromatic rings. The summed E-state index contributed by atoms with van der Waals surface area (Å²) in [5.74, 6) is -4.14. The average molecular weight is 636 g/mol. The maximum Gasteiger partial charge on any atom is 0.294 e. The molecule has 2 bridgehead atoms.